The van der Waals surface area contributed by atoms with Crippen LogP contribution in [-0.4, -0.2) is 56.1 Å². The summed E-state index contributed by atoms with van der Waals surface area (Å²) in [5, 5.41) is 6.58. The van der Waals surface area contributed by atoms with E-state index in [1.165, 1.54) is 4.88 Å². The summed E-state index contributed by atoms with van der Waals surface area (Å²) < 4.78 is 0. The predicted octanol–water partition coefficient (Wildman–Crippen LogP) is 2.30. The Morgan fingerprint density at radius 2 is 2.28 bits per heavy atom. The first-order chi connectivity index (χ1) is 8.63. The van der Waals surface area contributed by atoms with Gasteiger partial charge in [-0.1, -0.05) is 18.5 Å². The normalized spacial score (nSPS) is 24.3. The highest BCUT2D eigenvalue weighted by Gasteiger charge is 2.32. The fourth-order valence-electron chi connectivity index (χ4n) is 2.55. The Hall–Kier alpha value is -0.130. The molecule has 3 nitrogen and oxygen atoms in total. The second-order valence-corrected chi connectivity index (χ2v) is 6.33. The highest BCUT2D eigenvalue weighted by molar-refractivity contribution is 7.10. The quantitative estimate of drug-likeness (QED) is 0.917. The van der Waals surface area contributed by atoms with Gasteiger partial charge in [-0.05, 0) is 32.1 Å². The monoisotopic (exact) mass is 287 g/mol. The van der Waals surface area contributed by atoms with Crippen LogP contribution in [0.3, 0.4) is 0 Å². The van der Waals surface area contributed by atoms with Crippen LogP contribution in [0.4, 0.5) is 0 Å². The maximum absolute atomic E-state index is 6.31. The molecule has 102 valence electrons. The molecule has 2 unspecified atom stereocenters. The molecular formula is C13H22ClN3S. The smallest absolute Gasteiger partial charge is 0.0600 e. The summed E-state index contributed by atoms with van der Waals surface area (Å²) in [6, 6.07) is 2.81. The summed E-state index contributed by atoms with van der Waals surface area (Å²) in [5.41, 5.74) is 0. The van der Waals surface area contributed by atoms with E-state index in [4.69, 9.17) is 11.6 Å². The zero-order valence-electron chi connectivity index (χ0n) is 11.3. The molecule has 0 saturated carbocycles. The Bertz CT molecular complexity index is 382. The van der Waals surface area contributed by atoms with Crippen molar-refractivity contribution in [3.8, 4) is 0 Å². The summed E-state index contributed by atoms with van der Waals surface area (Å²) in [7, 11) is 4.41. The molecule has 0 radical (unpaired) electrons. The molecule has 5 heteroatoms. The van der Waals surface area contributed by atoms with Crippen molar-refractivity contribution in [3.05, 3.63) is 21.3 Å². The van der Waals surface area contributed by atoms with Crippen LogP contribution < -0.4 is 5.32 Å². The summed E-state index contributed by atoms with van der Waals surface area (Å²) >= 11 is 8.07. The van der Waals surface area contributed by atoms with Crippen LogP contribution in [0.25, 0.3) is 0 Å². The SMILES string of the molecule is CCNC(c1sccc1Cl)C1CN(C)CCN1C. The Labute approximate surface area is 119 Å². The Balaban J connectivity index is 2.21. The number of likely N-dealkylation sites (N-methyl/N-ethyl adjacent to an activating group) is 3. The highest BCUT2D eigenvalue weighted by Crippen LogP contribution is 2.33. The van der Waals surface area contributed by atoms with E-state index >= 15 is 0 Å². The van der Waals surface area contributed by atoms with Gasteiger partial charge in [-0.25, -0.2) is 0 Å². The zero-order chi connectivity index (χ0) is 13.1. The first-order valence-corrected chi connectivity index (χ1v) is 7.74. The van der Waals surface area contributed by atoms with Crippen LogP contribution in [0, 0.1) is 0 Å². The molecule has 0 amide bonds. The highest BCUT2D eigenvalue weighted by atomic mass is 35.5. The van der Waals surface area contributed by atoms with E-state index in [1.54, 1.807) is 11.3 Å². The van der Waals surface area contributed by atoms with E-state index in [-0.39, 0.29) is 0 Å². The van der Waals surface area contributed by atoms with Gasteiger partial charge in [-0.3, -0.25) is 4.90 Å². The Morgan fingerprint density at radius 3 is 2.89 bits per heavy atom. The van der Waals surface area contributed by atoms with Crippen LogP contribution in [0.15, 0.2) is 11.4 Å². The Kier molecular flexibility index (Phi) is 5.04. The third kappa shape index (κ3) is 3.06. The van der Waals surface area contributed by atoms with E-state index in [0.717, 1.165) is 31.2 Å². The molecule has 1 fully saturated rings. The van der Waals surface area contributed by atoms with Gasteiger partial charge in [-0.15, -0.1) is 11.3 Å². The van der Waals surface area contributed by atoms with E-state index in [1.807, 2.05) is 6.07 Å². The summed E-state index contributed by atoms with van der Waals surface area (Å²) in [5.74, 6) is 0. The van der Waals surface area contributed by atoms with Gasteiger partial charge in [0.1, 0.15) is 0 Å². The molecule has 0 aliphatic carbocycles. The van der Waals surface area contributed by atoms with Gasteiger partial charge < -0.3 is 10.2 Å². The van der Waals surface area contributed by atoms with Gasteiger partial charge in [-0.2, -0.15) is 0 Å². The lowest BCUT2D eigenvalue weighted by Crippen LogP contribution is -2.55. The van der Waals surface area contributed by atoms with Crippen LogP contribution in [-0.2, 0) is 0 Å². The number of nitrogens with zero attached hydrogens (tertiary/aromatic N) is 2. The molecule has 2 heterocycles. The first-order valence-electron chi connectivity index (χ1n) is 6.48. The maximum Gasteiger partial charge on any atom is 0.0600 e. The van der Waals surface area contributed by atoms with Gasteiger partial charge in [0.25, 0.3) is 0 Å². The topological polar surface area (TPSA) is 18.5 Å². The second kappa shape index (κ2) is 6.35. The molecular weight excluding hydrogens is 266 g/mol. The molecule has 1 N–H and O–H groups in total. The average Bonchev–Trinajstić information content (AvgIpc) is 2.76. The van der Waals surface area contributed by atoms with Gasteiger partial charge in [0.05, 0.1) is 11.1 Å². The van der Waals surface area contributed by atoms with Gasteiger partial charge in [0.15, 0.2) is 0 Å². The van der Waals surface area contributed by atoms with E-state index < -0.39 is 0 Å². The van der Waals surface area contributed by atoms with Crippen molar-refractivity contribution in [3.63, 3.8) is 0 Å². The minimum Gasteiger partial charge on any atom is -0.308 e. The van der Waals surface area contributed by atoms with Gasteiger partial charge in [0.2, 0.25) is 0 Å². The lowest BCUT2D eigenvalue weighted by atomic mass is 10.0. The summed E-state index contributed by atoms with van der Waals surface area (Å²) in [4.78, 5) is 6.12. The molecule has 2 rings (SSSR count). The molecule has 1 saturated heterocycles. The van der Waals surface area contributed by atoms with Crippen molar-refractivity contribution < 1.29 is 0 Å². The lowest BCUT2D eigenvalue weighted by molar-refractivity contribution is 0.0889. The third-order valence-corrected chi connectivity index (χ3v) is 5.08. The largest absolute Gasteiger partial charge is 0.308 e. The molecule has 0 spiro atoms. The molecule has 0 aromatic carbocycles. The molecule has 1 aromatic rings. The van der Waals surface area contributed by atoms with Crippen LogP contribution in [0.2, 0.25) is 5.02 Å². The maximum atomic E-state index is 6.31. The number of thiophene rings is 1. The molecule has 1 aliphatic rings. The van der Waals surface area contributed by atoms with Crippen molar-refractivity contribution in [2.45, 2.75) is 19.0 Å². The zero-order valence-corrected chi connectivity index (χ0v) is 12.9. The third-order valence-electron chi connectivity index (χ3n) is 3.64. The minimum absolute atomic E-state index is 0.329. The lowest BCUT2D eigenvalue weighted by Gasteiger charge is -2.42. The van der Waals surface area contributed by atoms with Crippen molar-refractivity contribution in [2.24, 2.45) is 0 Å². The van der Waals surface area contributed by atoms with Crippen molar-refractivity contribution in [1.82, 2.24) is 15.1 Å². The van der Waals surface area contributed by atoms with Gasteiger partial charge >= 0.3 is 0 Å². The van der Waals surface area contributed by atoms with Crippen molar-refractivity contribution in [2.75, 3.05) is 40.3 Å². The number of hydrogen-bond donors (Lipinski definition) is 1. The number of rotatable bonds is 4. The molecule has 1 aliphatic heterocycles. The van der Waals surface area contributed by atoms with Gasteiger partial charge in [0, 0.05) is 30.6 Å². The number of hydrogen-bond acceptors (Lipinski definition) is 4. The van der Waals surface area contributed by atoms with Crippen molar-refractivity contribution >= 4 is 22.9 Å². The Morgan fingerprint density at radius 1 is 1.50 bits per heavy atom. The average molecular weight is 288 g/mol. The standard InChI is InChI=1S/C13H22ClN3S/c1-4-15-12(13-10(14)5-8-18-13)11-9-16(2)6-7-17(11)3/h5,8,11-12,15H,4,6-7,9H2,1-3H3. The van der Waals surface area contributed by atoms with Crippen LogP contribution in [0.5, 0.6) is 0 Å². The fraction of sp³-hybridized carbons (Fsp3) is 0.692. The molecule has 0 bridgehead atoms. The molecule has 2 atom stereocenters. The summed E-state index contributed by atoms with van der Waals surface area (Å²) in [6.07, 6.45) is 0. The molecule has 1 aromatic heterocycles. The number of halogens is 1. The fourth-order valence-corrected chi connectivity index (χ4v) is 3.86. The molecule has 18 heavy (non-hydrogen) atoms. The number of piperazine rings is 1. The first kappa shape index (κ1) is 14.3. The van der Waals surface area contributed by atoms with E-state index in [2.05, 4.69) is 41.5 Å². The summed E-state index contributed by atoms with van der Waals surface area (Å²) in [6.45, 7) is 6.46. The van der Waals surface area contributed by atoms with Crippen LogP contribution in [0.1, 0.15) is 17.8 Å². The second-order valence-electron chi connectivity index (χ2n) is 4.98. The van der Waals surface area contributed by atoms with E-state index in [9.17, 15) is 0 Å². The van der Waals surface area contributed by atoms with Crippen molar-refractivity contribution in [1.29, 1.82) is 0 Å². The van der Waals surface area contributed by atoms with Crippen LogP contribution >= 0.6 is 22.9 Å². The minimum atomic E-state index is 0.329. The van der Waals surface area contributed by atoms with E-state index in [0.29, 0.717) is 12.1 Å². The number of nitrogens with one attached hydrogen (secondary N) is 1. The predicted molar refractivity (Wildman–Crippen MR) is 79.7 cm³/mol.